The number of rotatable bonds is 3. The minimum Gasteiger partial charge on any atom is -0.379 e. The molecule has 92 valence electrons. The average molecular weight is 252 g/mol. The molecule has 2 rings (SSSR count). The third kappa shape index (κ3) is 2.62. The zero-order chi connectivity index (χ0) is 12.3. The van der Waals surface area contributed by atoms with Gasteiger partial charge in [0.2, 0.25) is 5.91 Å². The van der Waals surface area contributed by atoms with Gasteiger partial charge in [-0.2, -0.15) is 0 Å². The molecule has 1 aliphatic heterocycles. The Hall–Kier alpha value is -1.04. The summed E-state index contributed by atoms with van der Waals surface area (Å²) < 4.78 is 5.18. The summed E-state index contributed by atoms with van der Waals surface area (Å²) in [4.78, 5) is 13.1. The molecule has 1 fully saturated rings. The van der Waals surface area contributed by atoms with Crippen molar-refractivity contribution in [1.29, 1.82) is 0 Å². The Morgan fingerprint density at radius 3 is 2.94 bits per heavy atom. The molecule has 1 aliphatic rings. The maximum Gasteiger partial charge on any atom is 0.246 e. The molecule has 1 atom stereocenters. The van der Waals surface area contributed by atoms with E-state index in [9.17, 15) is 4.79 Å². The van der Waals surface area contributed by atoms with E-state index in [2.05, 4.69) is 5.32 Å². The molecule has 0 radical (unpaired) electrons. The molecule has 3 N–H and O–H groups in total. The molecule has 1 amide bonds. The van der Waals surface area contributed by atoms with Crippen molar-refractivity contribution in [2.24, 2.45) is 5.73 Å². The monoisotopic (exact) mass is 252 g/mol. The van der Waals surface area contributed by atoms with Crippen molar-refractivity contribution in [3.05, 3.63) is 24.3 Å². The highest BCUT2D eigenvalue weighted by molar-refractivity contribution is 7.98. The topological polar surface area (TPSA) is 64.4 Å². The van der Waals surface area contributed by atoms with Gasteiger partial charge in [-0.25, -0.2) is 0 Å². The number of amides is 1. The van der Waals surface area contributed by atoms with Gasteiger partial charge in [0.1, 0.15) is 5.54 Å². The van der Waals surface area contributed by atoms with Gasteiger partial charge in [0.25, 0.3) is 0 Å². The number of hydrogen-bond donors (Lipinski definition) is 2. The number of carbonyl (C=O) groups excluding carboxylic acids is 1. The fraction of sp³-hybridized carbons (Fsp3) is 0.417. The number of nitrogens with two attached hydrogens (primary N) is 1. The van der Waals surface area contributed by atoms with Crippen LogP contribution in [0.4, 0.5) is 5.69 Å². The number of para-hydroxylation sites is 1. The van der Waals surface area contributed by atoms with E-state index in [-0.39, 0.29) is 5.91 Å². The van der Waals surface area contributed by atoms with Crippen LogP contribution in [0, 0.1) is 0 Å². The Bertz CT molecular complexity index is 417. The zero-order valence-corrected chi connectivity index (χ0v) is 10.5. The Labute approximate surface area is 105 Å². The van der Waals surface area contributed by atoms with Crippen molar-refractivity contribution in [3.63, 3.8) is 0 Å². The first kappa shape index (κ1) is 12.4. The van der Waals surface area contributed by atoms with Gasteiger partial charge in [-0.1, -0.05) is 12.1 Å². The SMILES string of the molecule is CSc1ccccc1NC(=O)C1(N)CCOC1. The fourth-order valence-corrected chi connectivity index (χ4v) is 2.31. The van der Waals surface area contributed by atoms with Gasteiger partial charge in [-0.05, 0) is 24.8 Å². The van der Waals surface area contributed by atoms with Crippen LogP contribution in [-0.2, 0) is 9.53 Å². The number of carbonyl (C=O) groups is 1. The summed E-state index contributed by atoms with van der Waals surface area (Å²) in [5.74, 6) is -0.170. The first-order valence-corrected chi connectivity index (χ1v) is 6.69. The Morgan fingerprint density at radius 1 is 1.53 bits per heavy atom. The van der Waals surface area contributed by atoms with Gasteiger partial charge in [0.15, 0.2) is 0 Å². The molecule has 1 saturated heterocycles. The second kappa shape index (κ2) is 5.08. The molecule has 1 aromatic carbocycles. The molecule has 0 aromatic heterocycles. The third-order valence-corrected chi connectivity index (χ3v) is 3.66. The lowest BCUT2D eigenvalue weighted by Gasteiger charge is -2.21. The lowest BCUT2D eigenvalue weighted by atomic mass is 9.99. The molecular weight excluding hydrogens is 236 g/mol. The van der Waals surface area contributed by atoms with Gasteiger partial charge in [0.05, 0.1) is 12.3 Å². The van der Waals surface area contributed by atoms with Crippen molar-refractivity contribution >= 4 is 23.4 Å². The van der Waals surface area contributed by atoms with Crippen molar-refractivity contribution in [1.82, 2.24) is 0 Å². The van der Waals surface area contributed by atoms with Crippen molar-refractivity contribution in [2.45, 2.75) is 16.9 Å². The summed E-state index contributed by atoms with van der Waals surface area (Å²) in [5.41, 5.74) is 5.92. The van der Waals surface area contributed by atoms with Gasteiger partial charge in [-0.3, -0.25) is 4.79 Å². The van der Waals surface area contributed by atoms with Gasteiger partial charge >= 0.3 is 0 Å². The summed E-state index contributed by atoms with van der Waals surface area (Å²) in [5, 5.41) is 2.88. The Morgan fingerprint density at radius 2 is 2.29 bits per heavy atom. The van der Waals surface area contributed by atoms with Crippen molar-refractivity contribution in [3.8, 4) is 0 Å². The summed E-state index contributed by atoms with van der Waals surface area (Å²) in [6.07, 6.45) is 2.54. The van der Waals surface area contributed by atoms with E-state index in [0.717, 1.165) is 10.6 Å². The van der Waals surface area contributed by atoms with Crippen LogP contribution in [-0.4, -0.2) is 30.9 Å². The quantitative estimate of drug-likeness (QED) is 0.799. The summed E-state index contributed by atoms with van der Waals surface area (Å²) in [7, 11) is 0. The lowest BCUT2D eigenvalue weighted by Crippen LogP contribution is -2.51. The average Bonchev–Trinajstić information content (AvgIpc) is 2.78. The fourth-order valence-electron chi connectivity index (χ4n) is 1.75. The van der Waals surface area contributed by atoms with Crippen LogP contribution in [0.1, 0.15) is 6.42 Å². The van der Waals surface area contributed by atoms with E-state index in [0.29, 0.717) is 19.6 Å². The normalized spacial score (nSPS) is 23.6. The predicted molar refractivity (Wildman–Crippen MR) is 69.2 cm³/mol. The van der Waals surface area contributed by atoms with Gasteiger partial charge < -0.3 is 15.8 Å². The smallest absolute Gasteiger partial charge is 0.246 e. The van der Waals surface area contributed by atoms with E-state index >= 15 is 0 Å². The molecule has 5 heteroatoms. The molecule has 1 heterocycles. The Kier molecular flexibility index (Phi) is 3.71. The number of anilines is 1. The summed E-state index contributed by atoms with van der Waals surface area (Å²) in [6.45, 7) is 0.842. The van der Waals surface area contributed by atoms with Crippen LogP contribution in [0.15, 0.2) is 29.2 Å². The van der Waals surface area contributed by atoms with E-state index in [1.807, 2.05) is 30.5 Å². The number of nitrogens with one attached hydrogen (secondary N) is 1. The van der Waals surface area contributed by atoms with Crippen molar-refractivity contribution in [2.75, 3.05) is 24.8 Å². The lowest BCUT2D eigenvalue weighted by molar-refractivity contribution is -0.121. The number of thioether (sulfide) groups is 1. The highest BCUT2D eigenvalue weighted by Gasteiger charge is 2.38. The van der Waals surface area contributed by atoms with Crippen LogP contribution < -0.4 is 11.1 Å². The minimum absolute atomic E-state index is 0.170. The van der Waals surface area contributed by atoms with Crippen LogP contribution in [0.2, 0.25) is 0 Å². The number of hydrogen-bond acceptors (Lipinski definition) is 4. The first-order chi connectivity index (χ1) is 8.15. The molecular formula is C12H16N2O2S. The van der Waals surface area contributed by atoms with Crippen molar-refractivity contribution < 1.29 is 9.53 Å². The first-order valence-electron chi connectivity index (χ1n) is 5.47. The molecule has 1 aromatic rings. The van der Waals surface area contributed by atoms with E-state index < -0.39 is 5.54 Å². The van der Waals surface area contributed by atoms with Crippen LogP contribution in [0.25, 0.3) is 0 Å². The molecule has 0 bridgehead atoms. The second-order valence-electron chi connectivity index (χ2n) is 4.11. The van der Waals surface area contributed by atoms with E-state index in [4.69, 9.17) is 10.5 Å². The van der Waals surface area contributed by atoms with E-state index in [1.54, 1.807) is 11.8 Å². The zero-order valence-electron chi connectivity index (χ0n) is 9.73. The maximum atomic E-state index is 12.1. The highest BCUT2D eigenvalue weighted by Crippen LogP contribution is 2.26. The number of ether oxygens (including phenoxy) is 1. The molecule has 0 saturated carbocycles. The van der Waals surface area contributed by atoms with Crippen LogP contribution in [0.3, 0.4) is 0 Å². The van der Waals surface area contributed by atoms with Gasteiger partial charge in [0, 0.05) is 11.5 Å². The maximum absolute atomic E-state index is 12.1. The predicted octanol–water partition coefficient (Wildman–Crippen LogP) is 1.46. The van der Waals surface area contributed by atoms with E-state index in [1.165, 1.54) is 0 Å². The molecule has 4 nitrogen and oxygen atoms in total. The largest absolute Gasteiger partial charge is 0.379 e. The minimum atomic E-state index is -0.883. The summed E-state index contributed by atoms with van der Waals surface area (Å²) >= 11 is 1.59. The highest BCUT2D eigenvalue weighted by atomic mass is 32.2. The van der Waals surface area contributed by atoms with Gasteiger partial charge in [-0.15, -0.1) is 11.8 Å². The molecule has 0 aliphatic carbocycles. The number of benzene rings is 1. The van der Waals surface area contributed by atoms with Crippen LogP contribution >= 0.6 is 11.8 Å². The second-order valence-corrected chi connectivity index (χ2v) is 4.96. The Balaban J connectivity index is 2.12. The molecule has 1 unspecified atom stereocenters. The molecule has 0 spiro atoms. The third-order valence-electron chi connectivity index (χ3n) is 2.86. The van der Waals surface area contributed by atoms with Crippen LogP contribution in [0.5, 0.6) is 0 Å². The summed E-state index contributed by atoms with van der Waals surface area (Å²) in [6, 6.07) is 7.68. The molecule has 17 heavy (non-hydrogen) atoms. The standard InChI is InChI=1S/C12H16N2O2S/c1-17-10-5-3-2-4-9(10)14-11(15)12(13)6-7-16-8-12/h2-5H,6-8,13H2,1H3,(H,14,15).